The highest BCUT2D eigenvalue weighted by Gasteiger charge is 2.04. The normalized spacial score (nSPS) is 10.8. The third-order valence-electron chi connectivity index (χ3n) is 3.06. The van der Waals surface area contributed by atoms with E-state index in [1.165, 1.54) is 23.4 Å². The predicted octanol–water partition coefficient (Wildman–Crippen LogP) is 2.64. The Morgan fingerprint density at radius 2 is 1.94 bits per heavy atom. The van der Waals surface area contributed by atoms with Gasteiger partial charge in [-0.2, -0.15) is 5.10 Å². The molecule has 0 fully saturated rings. The van der Waals surface area contributed by atoms with Crippen molar-refractivity contribution in [2.45, 2.75) is 33.5 Å². The zero-order chi connectivity index (χ0) is 13.0. The van der Waals surface area contributed by atoms with Gasteiger partial charge in [-0.15, -0.1) is 0 Å². The number of hydrogen-bond donors (Lipinski definition) is 1. The van der Waals surface area contributed by atoms with Gasteiger partial charge in [-0.1, -0.05) is 12.1 Å². The van der Waals surface area contributed by atoms with E-state index < -0.39 is 0 Å². The summed E-state index contributed by atoms with van der Waals surface area (Å²) in [5.74, 6) is -0.196. The van der Waals surface area contributed by atoms with Crippen molar-refractivity contribution in [3.63, 3.8) is 0 Å². The van der Waals surface area contributed by atoms with Crippen molar-refractivity contribution in [1.29, 1.82) is 0 Å². The van der Waals surface area contributed by atoms with Crippen LogP contribution in [-0.2, 0) is 19.6 Å². The molecule has 3 nitrogen and oxygen atoms in total. The third-order valence-corrected chi connectivity index (χ3v) is 3.06. The molecule has 0 bridgehead atoms. The maximum atomic E-state index is 12.7. The van der Waals surface area contributed by atoms with Gasteiger partial charge in [0.15, 0.2) is 0 Å². The highest BCUT2D eigenvalue weighted by atomic mass is 19.1. The van der Waals surface area contributed by atoms with E-state index in [-0.39, 0.29) is 5.82 Å². The molecule has 0 aliphatic carbocycles. The van der Waals surface area contributed by atoms with Gasteiger partial charge in [-0.3, -0.25) is 4.68 Å². The van der Waals surface area contributed by atoms with Gasteiger partial charge in [0.2, 0.25) is 0 Å². The molecule has 96 valence electrons. The predicted molar refractivity (Wildman–Crippen MR) is 69.6 cm³/mol. The Balaban J connectivity index is 1.88. The summed E-state index contributed by atoms with van der Waals surface area (Å²) in [6.07, 6.45) is 1.90. The summed E-state index contributed by atoms with van der Waals surface area (Å²) < 4.78 is 14.7. The van der Waals surface area contributed by atoms with Crippen LogP contribution in [0.2, 0.25) is 0 Å². The minimum atomic E-state index is -0.196. The summed E-state index contributed by atoms with van der Waals surface area (Å²) in [5, 5.41) is 7.64. The molecule has 0 unspecified atom stereocenters. The first-order valence-corrected chi connectivity index (χ1v) is 6.17. The topological polar surface area (TPSA) is 29.9 Å². The minimum absolute atomic E-state index is 0.196. The Morgan fingerprint density at radius 1 is 1.22 bits per heavy atom. The van der Waals surface area contributed by atoms with Gasteiger partial charge in [0.05, 0.1) is 6.20 Å². The fourth-order valence-electron chi connectivity index (χ4n) is 1.92. The average Bonchev–Trinajstić information content (AvgIpc) is 2.73. The van der Waals surface area contributed by atoms with Crippen LogP contribution in [0, 0.1) is 12.7 Å². The molecule has 0 aliphatic rings. The summed E-state index contributed by atoms with van der Waals surface area (Å²) in [4.78, 5) is 0. The molecule has 0 atom stereocenters. The number of rotatable bonds is 5. The molecule has 0 spiro atoms. The SMILES string of the molecule is CCn1ncc(CNCc2ccc(F)cc2)c1C. The molecule has 1 aromatic carbocycles. The van der Waals surface area contributed by atoms with Crippen LogP contribution in [0.5, 0.6) is 0 Å². The van der Waals surface area contributed by atoms with Crippen LogP contribution in [-0.4, -0.2) is 9.78 Å². The van der Waals surface area contributed by atoms with Gasteiger partial charge < -0.3 is 5.32 Å². The van der Waals surface area contributed by atoms with E-state index in [1.807, 2.05) is 10.9 Å². The molecular weight excluding hydrogens is 229 g/mol. The van der Waals surface area contributed by atoms with Crippen LogP contribution >= 0.6 is 0 Å². The second-order valence-electron chi connectivity index (χ2n) is 4.30. The third kappa shape index (κ3) is 2.96. The van der Waals surface area contributed by atoms with Crippen LogP contribution in [0.3, 0.4) is 0 Å². The van der Waals surface area contributed by atoms with E-state index in [2.05, 4.69) is 24.3 Å². The van der Waals surface area contributed by atoms with Crippen LogP contribution in [0.15, 0.2) is 30.5 Å². The molecule has 1 heterocycles. The summed E-state index contributed by atoms with van der Waals surface area (Å²) in [5.41, 5.74) is 3.49. The first kappa shape index (κ1) is 12.8. The molecule has 0 radical (unpaired) electrons. The molecule has 18 heavy (non-hydrogen) atoms. The Bertz CT molecular complexity index is 502. The van der Waals surface area contributed by atoms with E-state index >= 15 is 0 Å². The number of nitrogens with zero attached hydrogens (tertiary/aromatic N) is 2. The summed E-state index contributed by atoms with van der Waals surface area (Å²) in [7, 11) is 0. The summed E-state index contributed by atoms with van der Waals surface area (Å²) in [6, 6.07) is 6.56. The number of halogens is 1. The number of aryl methyl sites for hydroxylation is 1. The lowest BCUT2D eigenvalue weighted by atomic mass is 10.2. The molecule has 0 saturated heterocycles. The highest BCUT2D eigenvalue weighted by molar-refractivity contribution is 5.18. The lowest BCUT2D eigenvalue weighted by molar-refractivity contribution is 0.624. The van der Waals surface area contributed by atoms with Crippen molar-refractivity contribution >= 4 is 0 Å². The van der Waals surface area contributed by atoms with E-state index in [9.17, 15) is 4.39 Å². The fourth-order valence-corrected chi connectivity index (χ4v) is 1.92. The Labute approximate surface area is 107 Å². The lowest BCUT2D eigenvalue weighted by Gasteiger charge is -2.05. The molecule has 2 aromatic rings. The van der Waals surface area contributed by atoms with E-state index in [0.29, 0.717) is 0 Å². The van der Waals surface area contributed by atoms with E-state index in [4.69, 9.17) is 0 Å². The quantitative estimate of drug-likeness (QED) is 0.880. The van der Waals surface area contributed by atoms with Crippen molar-refractivity contribution in [3.05, 3.63) is 53.1 Å². The molecule has 0 amide bonds. The maximum Gasteiger partial charge on any atom is 0.123 e. The van der Waals surface area contributed by atoms with Crippen LogP contribution in [0.4, 0.5) is 4.39 Å². The van der Waals surface area contributed by atoms with Crippen LogP contribution in [0.25, 0.3) is 0 Å². The molecule has 0 aliphatic heterocycles. The Hall–Kier alpha value is -1.68. The van der Waals surface area contributed by atoms with E-state index in [1.54, 1.807) is 12.1 Å². The largest absolute Gasteiger partial charge is 0.308 e. The zero-order valence-corrected chi connectivity index (χ0v) is 10.8. The monoisotopic (exact) mass is 247 g/mol. The van der Waals surface area contributed by atoms with Gasteiger partial charge in [0.25, 0.3) is 0 Å². The first-order chi connectivity index (χ1) is 8.70. The smallest absolute Gasteiger partial charge is 0.123 e. The Kier molecular flexibility index (Phi) is 4.10. The number of nitrogens with one attached hydrogen (secondary N) is 1. The van der Waals surface area contributed by atoms with Gasteiger partial charge in [0, 0.05) is 30.9 Å². The fraction of sp³-hybridized carbons (Fsp3) is 0.357. The molecule has 2 rings (SSSR count). The first-order valence-electron chi connectivity index (χ1n) is 6.17. The van der Waals surface area contributed by atoms with Crippen molar-refractivity contribution in [2.24, 2.45) is 0 Å². The number of benzene rings is 1. The highest BCUT2D eigenvalue weighted by Crippen LogP contribution is 2.07. The molecule has 0 saturated carbocycles. The van der Waals surface area contributed by atoms with Gasteiger partial charge in [-0.25, -0.2) is 4.39 Å². The van der Waals surface area contributed by atoms with Crippen molar-refractivity contribution in [3.8, 4) is 0 Å². The van der Waals surface area contributed by atoms with Crippen molar-refractivity contribution in [2.75, 3.05) is 0 Å². The standard InChI is InChI=1S/C14H18FN3/c1-3-18-11(2)13(10-17-18)9-16-8-12-4-6-14(15)7-5-12/h4-7,10,16H,3,8-9H2,1-2H3. The maximum absolute atomic E-state index is 12.7. The van der Waals surface area contributed by atoms with Crippen molar-refractivity contribution < 1.29 is 4.39 Å². The number of aromatic nitrogens is 2. The molecular formula is C14H18FN3. The van der Waals surface area contributed by atoms with E-state index in [0.717, 1.165) is 25.2 Å². The van der Waals surface area contributed by atoms with Gasteiger partial charge in [-0.05, 0) is 31.5 Å². The Morgan fingerprint density at radius 3 is 2.56 bits per heavy atom. The average molecular weight is 247 g/mol. The summed E-state index contributed by atoms with van der Waals surface area (Å²) in [6.45, 7) is 6.56. The summed E-state index contributed by atoms with van der Waals surface area (Å²) >= 11 is 0. The molecule has 1 N–H and O–H groups in total. The number of hydrogen-bond acceptors (Lipinski definition) is 2. The second kappa shape index (κ2) is 5.78. The minimum Gasteiger partial charge on any atom is -0.308 e. The van der Waals surface area contributed by atoms with Crippen LogP contribution in [0.1, 0.15) is 23.7 Å². The van der Waals surface area contributed by atoms with Crippen LogP contribution < -0.4 is 5.32 Å². The second-order valence-corrected chi connectivity index (χ2v) is 4.30. The molecule has 1 aromatic heterocycles. The lowest BCUT2D eigenvalue weighted by Crippen LogP contribution is -2.13. The zero-order valence-electron chi connectivity index (χ0n) is 10.8. The van der Waals surface area contributed by atoms with Crippen molar-refractivity contribution in [1.82, 2.24) is 15.1 Å². The molecule has 4 heteroatoms. The van der Waals surface area contributed by atoms with Gasteiger partial charge >= 0.3 is 0 Å². The van der Waals surface area contributed by atoms with Gasteiger partial charge in [0.1, 0.15) is 5.82 Å².